The van der Waals surface area contributed by atoms with Gasteiger partial charge in [0, 0.05) is 13.0 Å². The lowest BCUT2D eigenvalue weighted by Gasteiger charge is -2.09. The zero-order valence-corrected chi connectivity index (χ0v) is 11.8. The molecule has 1 aliphatic heterocycles. The highest BCUT2D eigenvalue weighted by atomic mass is 32.2. The van der Waals surface area contributed by atoms with Gasteiger partial charge in [-0.05, 0) is 18.8 Å². The van der Waals surface area contributed by atoms with Gasteiger partial charge in [0.25, 0.3) is 0 Å². The molecule has 0 radical (unpaired) electrons. The molecule has 0 spiro atoms. The van der Waals surface area contributed by atoms with Gasteiger partial charge in [-0.3, -0.25) is 0 Å². The highest BCUT2D eigenvalue weighted by Crippen LogP contribution is 2.21. The van der Waals surface area contributed by atoms with Crippen molar-refractivity contribution >= 4 is 21.7 Å². The maximum absolute atomic E-state index is 11.3. The number of aromatic nitrogens is 3. The number of hydrogen-bond donors (Lipinski definition) is 2. The van der Waals surface area contributed by atoms with E-state index in [9.17, 15) is 8.42 Å². The molecule has 2 rings (SSSR count). The van der Waals surface area contributed by atoms with E-state index in [2.05, 4.69) is 20.3 Å². The van der Waals surface area contributed by atoms with Gasteiger partial charge >= 0.3 is 0 Å². The van der Waals surface area contributed by atoms with Crippen LogP contribution < -0.4 is 11.1 Å². The second kappa shape index (κ2) is 5.68. The zero-order chi connectivity index (χ0) is 13.9. The van der Waals surface area contributed by atoms with E-state index in [1.165, 1.54) is 0 Å². The molecule has 1 aromatic heterocycles. The fraction of sp³-hybridized carbons (Fsp3) is 0.727. The normalized spacial score (nSPS) is 21.4. The Bertz CT molecular complexity index is 546. The Balaban J connectivity index is 1.84. The van der Waals surface area contributed by atoms with Gasteiger partial charge in [-0.25, -0.2) is 8.42 Å². The number of nitrogens with one attached hydrogen (secondary N) is 1. The van der Waals surface area contributed by atoms with Crippen LogP contribution in [0.2, 0.25) is 0 Å². The summed E-state index contributed by atoms with van der Waals surface area (Å²) in [7, 11) is -2.80. The SMILES string of the molecule is CCc1nc(N)nc(NCCC2CCS(=O)(=O)C2)n1. The standard InChI is InChI=1S/C11H19N5O2S/c1-2-9-14-10(12)16-11(15-9)13-5-3-8-4-6-19(17,18)7-8/h8H,2-7H2,1H3,(H3,12,13,14,15,16). The second-order valence-corrected chi connectivity index (χ2v) is 7.00. The highest BCUT2D eigenvalue weighted by molar-refractivity contribution is 7.91. The summed E-state index contributed by atoms with van der Waals surface area (Å²) in [6, 6.07) is 0. The number of sulfone groups is 1. The van der Waals surface area contributed by atoms with Crippen LogP contribution in [0.4, 0.5) is 11.9 Å². The minimum absolute atomic E-state index is 0.206. The second-order valence-electron chi connectivity index (χ2n) is 4.77. The lowest BCUT2D eigenvalue weighted by Crippen LogP contribution is -2.14. The van der Waals surface area contributed by atoms with Crippen LogP contribution in [0.3, 0.4) is 0 Å². The Morgan fingerprint density at radius 1 is 1.37 bits per heavy atom. The smallest absolute Gasteiger partial charge is 0.227 e. The molecule has 1 aliphatic rings. The van der Waals surface area contributed by atoms with Gasteiger partial charge < -0.3 is 11.1 Å². The minimum atomic E-state index is -2.80. The summed E-state index contributed by atoms with van der Waals surface area (Å²) in [5.74, 6) is 2.17. The van der Waals surface area contributed by atoms with Gasteiger partial charge in [-0.1, -0.05) is 6.92 Å². The van der Waals surface area contributed by atoms with Gasteiger partial charge in [0.15, 0.2) is 9.84 Å². The maximum atomic E-state index is 11.3. The molecule has 0 aromatic carbocycles. The van der Waals surface area contributed by atoms with Crippen LogP contribution in [0.1, 0.15) is 25.6 Å². The number of nitrogens with two attached hydrogens (primary N) is 1. The Labute approximate surface area is 113 Å². The topological polar surface area (TPSA) is 111 Å². The van der Waals surface area contributed by atoms with Crippen molar-refractivity contribution in [3.63, 3.8) is 0 Å². The maximum Gasteiger partial charge on any atom is 0.227 e. The third kappa shape index (κ3) is 4.02. The molecule has 19 heavy (non-hydrogen) atoms. The Hall–Kier alpha value is -1.44. The number of nitrogen functional groups attached to an aromatic ring is 1. The molecule has 106 valence electrons. The Morgan fingerprint density at radius 3 is 2.79 bits per heavy atom. The highest BCUT2D eigenvalue weighted by Gasteiger charge is 2.27. The van der Waals surface area contributed by atoms with E-state index in [1.807, 2.05) is 6.92 Å². The minimum Gasteiger partial charge on any atom is -0.368 e. The largest absolute Gasteiger partial charge is 0.368 e. The van der Waals surface area contributed by atoms with Crippen LogP contribution in [0.5, 0.6) is 0 Å². The fourth-order valence-electron chi connectivity index (χ4n) is 2.16. The molecule has 7 nitrogen and oxygen atoms in total. The monoisotopic (exact) mass is 285 g/mol. The summed E-state index contributed by atoms with van der Waals surface area (Å²) >= 11 is 0. The number of hydrogen-bond acceptors (Lipinski definition) is 7. The molecule has 0 aliphatic carbocycles. The van der Waals surface area contributed by atoms with Crippen LogP contribution in [-0.4, -0.2) is 41.4 Å². The van der Waals surface area contributed by atoms with Gasteiger partial charge in [0.1, 0.15) is 5.82 Å². The van der Waals surface area contributed by atoms with Crippen LogP contribution >= 0.6 is 0 Å². The van der Waals surface area contributed by atoms with Crippen LogP contribution in [0.15, 0.2) is 0 Å². The number of nitrogens with zero attached hydrogens (tertiary/aromatic N) is 3. The first kappa shape index (κ1) is 14.0. The van der Waals surface area contributed by atoms with E-state index in [-0.39, 0.29) is 11.9 Å². The molecular formula is C11H19N5O2S. The predicted molar refractivity (Wildman–Crippen MR) is 73.5 cm³/mol. The van der Waals surface area contributed by atoms with Crippen molar-refractivity contribution in [2.75, 3.05) is 29.1 Å². The van der Waals surface area contributed by atoms with Crippen molar-refractivity contribution in [3.05, 3.63) is 5.82 Å². The molecule has 2 heterocycles. The van der Waals surface area contributed by atoms with E-state index in [4.69, 9.17) is 5.73 Å². The average Bonchev–Trinajstić information content (AvgIpc) is 2.68. The third-order valence-corrected chi connectivity index (χ3v) is 5.01. The summed E-state index contributed by atoms with van der Waals surface area (Å²) in [5, 5.41) is 3.08. The molecule has 1 aromatic rings. The molecule has 8 heteroatoms. The van der Waals surface area contributed by atoms with Crippen molar-refractivity contribution in [1.29, 1.82) is 0 Å². The van der Waals surface area contributed by atoms with Crippen molar-refractivity contribution in [3.8, 4) is 0 Å². The van der Waals surface area contributed by atoms with E-state index in [1.54, 1.807) is 0 Å². The van der Waals surface area contributed by atoms with E-state index >= 15 is 0 Å². The average molecular weight is 285 g/mol. The first-order valence-corrected chi connectivity index (χ1v) is 8.25. The number of rotatable bonds is 5. The van der Waals surface area contributed by atoms with E-state index < -0.39 is 9.84 Å². The first-order valence-electron chi connectivity index (χ1n) is 6.43. The molecule has 1 saturated heterocycles. The molecule has 0 amide bonds. The van der Waals surface area contributed by atoms with Crippen LogP contribution in [0.25, 0.3) is 0 Å². The Morgan fingerprint density at radius 2 is 2.16 bits per heavy atom. The number of aryl methyl sites for hydroxylation is 1. The molecule has 1 unspecified atom stereocenters. The molecule has 1 atom stereocenters. The Kier molecular flexibility index (Phi) is 4.18. The van der Waals surface area contributed by atoms with E-state index in [0.29, 0.717) is 36.2 Å². The van der Waals surface area contributed by atoms with Crippen molar-refractivity contribution < 1.29 is 8.42 Å². The predicted octanol–water partition coefficient (Wildman–Crippen LogP) is 0.253. The quantitative estimate of drug-likeness (QED) is 0.797. The zero-order valence-electron chi connectivity index (χ0n) is 11.0. The third-order valence-electron chi connectivity index (χ3n) is 3.18. The summed E-state index contributed by atoms with van der Waals surface area (Å²) in [4.78, 5) is 12.2. The summed E-state index contributed by atoms with van der Waals surface area (Å²) in [5.41, 5.74) is 5.58. The molecule has 0 saturated carbocycles. The molecule has 1 fully saturated rings. The number of anilines is 2. The van der Waals surface area contributed by atoms with Gasteiger partial charge in [-0.2, -0.15) is 15.0 Å². The summed E-state index contributed by atoms with van der Waals surface area (Å²) in [6.07, 6.45) is 2.25. The molecule has 3 N–H and O–H groups in total. The summed E-state index contributed by atoms with van der Waals surface area (Å²) in [6.45, 7) is 2.59. The van der Waals surface area contributed by atoms with Crippen LogP contribution in [0, 0.1) is 5.92 Å². The molecule has 0 bridgehead atoms. The van der Waals surface area contributed by atoms with Gasteiger partial charge in [0.2, 0.25) is 11.9 Å². The van der Waals surface area contributed by atoms with Gasteiger partial charge in [0.05, 0.1) is 11.5 Å². The van der Waals surface area contributed by atoms with Crippen molar-refractivity contribution in [1.82, 2.24) is 15.0 Å². The first-order chi connectivity index (χ1) is 8.98. The van der Waals surface area contributed by atoms with Crippen LogP contribution in [-0.2, 0) is 16.3 Å². The lowest BCUT2D eigenvalue weighted by molar-refractivity contribution is 0.557. The van der Waals surface area contributed by atoms with Crippen molar-refractivity contribution in [2.45, 2.75) is 26.2 Å². The molecular weight excluding hydrogens is 266 g/mol. The lowest BCUT2D eigenvalue weighted by atomic mass is 10.1. The summed E-state index contributed by atoms with van der Waals surface area (Å²) < 4.78 is 22.7. The van der Waals surface area contributed by atoms with E-state index in [0.717, 1.165) is 12.8 Å². The van der Waals surface area contributed by atoms with Gasteiger partial charge in [-0.15, -0.1) is 0 Å². The van der Waals surface area contributed by atoms with Crippen molar-refractivity contribution in [2.24, 2.45) is 5.92 Å². The fourth-order valence-corrected chi connectivity index (χ4v) is 4.07.